The van der Waals surface area contributed by atoms with E-state index >= 15 is 0 Å². The molecule has 0 saturated heterocycles. The van der Waals surface area contributed by atoms with Gasteiger partial charge in [0.25, 0.3) is 5.69 Å². The van der Waals surface area contributed by atoms with Crippen molar-refractivity contribution < 1.29 is 14.5 Å². The molecule has 0 spiro atoms. The maximum atomic E-state index is 12.1. The van der Waals surface area contributed by atoms with Crippen LogP contribution in [0.1, 0.15) is 22.2 Å². The summed E-state index contributed by atoms with van der Waals surface area (Å²) in [6.45, 7) is 3.81. The normalized spacial score (nSPS) is 10.7. The molecule has 134 valence electrons. The van der Waals surface area contributed by atoms with Crippen molar-refractivity contribution in [1.82, 2.24) is 9.97 Å². The first kappa shape index (κ1) is 18.0. The molecule has 0 bridgehead atoms. The number of rotatable bonds is 5. The van der Waals surface area contributed by atoms with Gasteiger partial charge in [0.05, 0.1) is 27.6 Å². The van der Waals surface area contributed by atoms with Gasteiger partial charge in [-0.25, -0.2) is 14.8 Å². The summed E-state index contributed by atoms with van der Waals surface area (Å²) < 4.78 is 5.07. The minimum atomic E-state index is -0.521. The smallest absolute Gasteiger partial charge is 0.348 e. The molecule has 26 heavy (non-hydrogen) atoms. The number of aryl methyl sites for hydroxylation is 1. The molecule has 0 radical (unpaired) electrons. The van der Waals surface area contributed by atoms with Gasteiger partial charge in [-0.3, -0.25) is 10.1 Å². The maximum Gasteiger partial charge on any atom is 0.348 e. The van der Waals surface area contributed by atoms with Crippen LogP contribution in [0.3, 0.4) is 0 Å². The average Bonchev–Trinajstić information content (AvgIpc) is 2.94. The van der Waals surface area contributed by atoms with E-state index in [2.05, 4.69) is 15.3 Å². The second kappa shape index (κ2) is 7.22. The number of nitro benzene ring substituents is 1. The molecule has 0 unspecified atom stereocenters. The van der Waals surface area contributed by atoms with E-state index in [1.807, 2.05) is 0 Å². The van der Waals surface area contributed by atoms with Crippen LogP contribution in [0.25, 0.3) is 10.2 Å². The Balaban J connectivity index is 2.03. The predicted octanol–water partition coefficient (Wildman–Crippen LogP) is 4.48. The lowest BCUT2D eigenvalue weighted by Crippen LogP contribution is -2.03. The van der Waals surface area contributed by atoms with Crippen molar-refractivity contribution in [2.24, 2.45) is 0 Å². The average molecular weight is 393 g/mol. The van der Waals surface area contributed by atoms with Crippen LogP contribution >= 0.6 is 22.9 Å². The number of halogens is 1. The van der Waals surface area contributed by atoms with Gasteiger partial charge in [-0.05, 0) is 25.5 Å². The van der Waals surface area contributed by atoms with Gasteiger partial charge in [-0.1, -0.05) is 11.6 Å². The molecule has 3 rings (SSSR count). The molecule has 3 aromatic rings. The molecule has 0 aliphatic heterocycles. The molecule has 0 aliphatic carbocycles. The third-order valence-electron chi connectivity index (χ3n) is 3.60. The van der Waals surface area contributed by atoms with Crippen molar-refractivity contribution in [3.05, 3.63) is 50.1 Å². The van der Waals surface area contributed by atoms with E-state index in [-0.39, 0.29) is 17.3 Å². The van der Waals surface area contributed by atoms with E-state index in [1.165, 1.54) is 35.9 Å². The number of hydrogen-bond acceptors (Lipinski definition) is 8. The first-order chi connectivity index (χ1) is 12.4. The number of benzene rings is 1. The SMILES string of the molecule is CCOC(=O)c1sc2ncnc(Nc3ccc([N+](=O)[O-])cc3Cl)c2c1C. The number of hydrogen-bond donors (Lipinski definition) is 1. The van der Waals surface area contributed by atoms with Gasteiger partial charge in [-0.15, -0.1) is 11.3 Å². The molecule has 0 fully saturated rings. The number of esters is 1. The van der Waals surface area contributed by atoms with Crippen LogP contribution in [0.2, 0.25) is 5.02 Å². The van der Waals surface area contributed by atoms with Crippen molar-refractivity contribution in [2.75, 3.05) is 11.9 Å². The summed E-state index contributed by atoms with van der Waals surface area (Å²) in [6.07, 6.45) is 1.37. The van der Waals surface area contributed by atoms with Gasteiger partial charge in [0, 0.05) is 12.1 Å². The minimum Gasteiger partial charge on any atom is -0.462 e. The van der Waals surface area contributed by atoms with Gasteiger partial charge >= 0.3 is 5.97 Å². The maximum absolute atomic E-state index is 12.1. The Morgan fingerprint density at radius 1 is 1.42 bits per heavy atom. The van der Waals surface area contributed by atoms with E-state index in [4.69, 9.17) is 16.3 Å². The van der Waals surface area contributed by atoms with Gasteiger partial charge < -0.3 is 10.1 Å². The van der Waals surface area contributed by atoms with E-state index in [0.29, 0.717) is 32.2 Å². The minimum absolute atomic E-state index is 0.107. The largest absolute Gasteiger partial charge is 0.462 e. The zero-order valence-corrected chi connectivity index (χ0v) is 15.3. The molecule has 10 heteroatoms. The van der Waals surface area contributed by atoms with Gasteiger partial charge in [0.1, 0.15) is 21.9 Å². The molecule has 0 saturated carbocycles. The zero-order chi connectivity index (χ0) is 18.8. The number of anilines is 2. The van der Waals surface area contributed by atoms with Crippen molar-refractivity contribution >= 4 is 56.3 Å². The lowest BCUT2D eigenvalue weighted by atomic mass is 10.2. The highest BCUT2D eigenvalue weighted by molar-refractivity contribution is 7.20. The molecule has 0 aliphatic rings. The van der Waals surface area contributed by atoms with Crippen molar-refractivity contribution in [1.29, 1.82) is 0 Å². The third-order valence-corrected chi connectivity index (χ3v) is 5.10. The van der Waals surface area contributed by atoms with Crippen molar-refractivity contribution in [3.63, 3.8) is 0 Å². The van der Waals surface area contributed by atoms with Crippen molar-refractivity contribution in [3.8, 4) is 0 Å². The fourth-order valence-electron chi connectivity index (χ4n) is 2.40. The van der Waals surface area contributed by atoms with Gasteiger partial charge in [0.2, 0.25) is 0 Å². The van der Waals surface area contributed by atoms with Crippen LogP contribution in [-0.4, -0.2) is 27.5 Å². The highest BCUT2D eigenvalue weighted by Gasteiger charge is 2.20. The fraction of sp³-hybridized carbons (Fsp3) is 0.188. The number of fused-ring (bicyclic) bond motifs is 1. The number of thiophene rings is 1. The Morgan fingerprint density at radius 3 is 2.85 bits per heavy atom. The summed E-state index contributed by atoms with van der Waals surface area (Å²) in [4.78, 5) is 31.9. The van der Waals surface area contributed by atoms with Crippen molar-refractivity contribution in [2.45, 2.75) is 13.8 Å². The summed E-state index contributed by atoms with van der Waals surface area (Å²) in [7, 11) is 0. The molecular weight excluding hydrogens is 380 g/mol. The van der Waals surface area contributed by atoms with Gasteiger partial charge in [0.15, 0.2) is 0 Å². The second-order valence-electron chi connectivity index (χ2n) is 5.23. The number of carbonyl (C=O) groups excluding carboxylic acids is 1. The lowest BCUT2D eigenvalue weighted by molar-refractivity contribution is -0.384. The number of ether oxygens (including phenoxy) is 1. The Bertz CT molecular complexity index is 1020. The van der Waals surface area contributed by atoms with E-state index in [1.54, 1.807) is 13.8 Å². The number of nitrogens with zero attached hydrogens (tertiary/aromatic N) is 3. The zero-order valence-electron chi connectivity index (χ0n) is 13.8. The Morgan fingerprint density at radius 2 is 2.19 bits per heavy atom. The third kappa shape index (κ3) is 3.31. The molecule has 0 atom stereocenters. The monoisotopic (exact) mass is 392 g/mol. The number of nitro groups is 1. The molecule has 0 amide bonds. The summed E-state index contributed by atoms with van der Waals surface area (Å²) >= 11 is 7.35. The molecule has 2 aromatic heterocycles. The Hall–Kier alpha value is -2.78. The van der Waals surface area contributed by atoms with Crippen LogP contribution in [0.15, 0.2) is 24.5 Å². The predicted molar refractivity (Wildman–Crippen MR) is 99.5 cm³/mol. The Kier molecular flexibility index (Phi) is 5.01. The first-order valence-corrected chi connectivity index (χ1v) is 8.74. The first-order valence-electron chi connectivity index (χ1n) is 7.54. The van der Waals surface area contributed by atoms with Crippen LogP contribution in [0.5, 0.6) is 0 Å². The fourth-order valence-corrected chi connectivity index (χ4v) is 3.67. The van der Waals surface area contributed by atoms with Gasteiger partial charge in [-0.2, -0.15) is 0 Å². The summed E-state index contributed by atoms with van der Waals surface area (Å²) in [5, 5.41) is 14.7. The van der Waals surface area contributed by atoms with Crippen LogP contribution in [0.4, 0.5) is 17.2 Å². The number of aromatic nitrogens is 2. The summed E-state index contributed by atoms with van der Waals surface area (Å²) in [5.74, 6) is 0.0439. The standard InChI is InChI=1S/C16H13ClN4O4S/c1-3-25-16(22)13-8(2)12-14(18-7-19-15(12)26-13)20-11-5-4-9(21(23)24)6-10(11)17/h4-7H,3H2,1-2H3,(H,18,19,20). The topological polar surface area (TPSA) is 107 Å². The van der Waals surface area contributed by atoms with E-state index in [0.717, 1.165) is 0 Å². The van der Waals surface area contributed by atoms with Crippen LogP contribution in [-0.2, 0) is 4.74 Å². The number of non-ortho nitro benzene ring substituents is 1. The molecular formula is C16H13ClN4O4S. The Labute approximate surface area is 156 Å². The quantitative estimate of drug-likeness (QED) is 0.387. The number of nitrogens with one attached hydrogen (secondary N) is 1. The highest BCUT2D eigenvalue weighted by atomic mass is 35.5. The molecule has 8 nitrogen and oxygen atoms in total. The summed E-state index contributed by atoms with van der Waals surface area (Å²) in [6, 6.07) is 4.10. The molecule has 1 aromatic carbocycles. The molecule has 2 heterocycles. The lowest BCUT2D eigenvalue weighted by Gasteiger charge is -2.09. The summed E-state index contributed by atoms with van der Waals surface area (Å²) in [5.41, 5.74) is 1.05. The number of carbonyl (C=O) groups is 1. The van der Waals surface area contributed by atoms with Crippen LogP contribution < -0.4 is 5.32 Å². The second-order valence-corrected chi connectivity index (χ2v) is 6.63. The molecule has 1 N–H and O–H groups in total. The van der Waals surface area contributed by atoms with E-state index in [9.17, 15) is 14.9 Å². The van der Waals surface area contributed by atoms with E-state index < -0.39 is 10.9 Å². The highest BCUT2D eigenvalue weighted by Crippen LogP contribution is 2.36. The van der Waals surface area contributed by atoms with Crippen LogP contribution in [0, 0.1) is 17.0 Å².